The van der Waals surface area contributed by atoms with Crippen molar-refractivity contribution in [1.82, 2.24) is 9.97 Å². The Morgan fingerprint density at radius 2 is 2.04 bits per heavy atom. The number of hydrogen-bond donors (Lipinski definition) is 0. The third kappa shape index (κ3) is 2.81. The fourth-order valence-electron chi connectivity index (χ4n) is 3.43. The molecule has 0 amide bonds. The van der Waals surface area contributed by atoms with E-state index in [-0.39, 0.29) is 5.78 Å². The number of allylic oxidation sites excluding steroid dienone is 6. The lowest BCUT2D eigenvalue weighted by atomic mass is 9.93. The van der Waals surface area contributed by atoms with Crippen molar-refractivity contribution in [1.29, 1.82) is 0 Å². The molecule has 1 atom stereocenters. The molecular weight excluding hydrogens is 328 g/mol. The molecule has 2 aromatic rings. The number of rotatable bonds is 2. The van der Waals surface area contributed by atoms with Crippen LogP contribution in [0.5, 0.6) is 0 Å². The molecule has 2 aliphatic carbocycles. The predicted molar refractivity (Wildman–Crippen MR) is 102 cm³/mol. The summed E-state index contributed by atoms with van der Waals surface area (Å²) in [6.07, 6.45) is 12.3. The summed E-state index contributed by atoms with van der Waals surface area (Å²) in [5.41, 5.74) is 5.86. The molecule has 0 aromatic carbocycles. The van der Waals surface area contributed by atoms with Gasteiger partial charge in [-0.25, -0.2) is 4.98 Å². The number of nitrogens with zero attached hydrogens (tertiary/aromatic N) is 2. The Morgan fingerprint density at radius 3 is 2.84 bits per heavy atom. The first-order valence-electron chi connectivity index (χ1n) is 8.64. The molecule has 0 N–H and O–H groups in total. The Morgan fingerprint density at radius 1 is 1.20 bits per heavy atom. The number of fused-ring (bicyclic) bond motifs is 2. The van der Waals surface area contributed by atoms with Crippen LogP contribution in [-0.4, -0.2) is 15.8 Å². The summed E-state index contributed by atoms with van der Waals surface area (Å²) in [5.74, 6) is 0.480. The summed E-state index contributed by atoms with van der Waals surface area (Å²) in [6.45, 7) is 6.29. The molecule has 1 unspecified atom stereocenters. The number of hydrogen-bond acceptors (Lipinski definition) is 4. The van der Waals surface area contributed by atoms with Gasteiger partial charge < -0.3 is 0 Å². The van der Waals surface area contributed by atoms with E-state index in [1.165, 1.54) is 16.9 Å². The van der Waals surface area contributed by atoms with Crippen LogP contribution in [0.3, 0.4) is 0 Å². The fraction of sp³-hybridized carbons (Fsp3) is 0.286. The third-order valence-electron chi connectivity index (χ3n) is 4.82. The van der Waals surface area contributed by atoms with Crippen molar-refractivity contribution in [3.63, 3.8) is 0 Å². The van der Waals surface area contributed by atoms with Crippen molar-refractivity contribution in [3.05, 3.63) is 74.5 Å². The van der Waals surface area contributed by atoms with Gasteiger partial charge in [-0.15, -0.1) is 11.3 Å². The summed E-state index contributed by atoms with van der Waals surface area (Å²) in [7, 11) is 0. The minimum atomic E-state index is 0.0742. The second kappa shape index (κ2) is 6.19. The molecule has 0 saturated heterocycles. The van der Waals surface area contributed by atoms with Crippen molar-refractivity contribution in [3.8, 4) is 0 Å². The van der Waals surface area contributed by atoms with Gasteiger partial charge in [-0.1, -0.05) is 36.8 Å². The van der Waals surface area contributed by atoms with Crippen molar-refractivity contribution in [2.24, 2.45) is 5.92 Å². The van der Waals surface area contributed by atoms with E-state index < -0.39 is 0 Å². The van der Waals surface area contributed by atoms with Gasteiger partial charge in [0.05, 0.1) is 16.3 Å². The van der Waals surface area contributed by atoms with Gasteiger partial charge in [0.2, 0.25) is 5.78 Å². The van der Waals surface area contributed by atoms with Crippen LogP contribution in [0.25, 0.3) is 5.57 Å². The standard InChI is InChI=1S/C21H20N2OS/c1-4-14-9-12(2)5-6-15(10-14)21-23-17-11-16-18(13(3)7-8-22-16)19(24)20(17)25-21/h5-10,14H,4,11H2,1-3H3. The van der Waals surface area contributed by atoms with Gasteiger partial charge >= 0.3 is 0 Å². The van der Waals surface area contributed by atoms with Crippen molar-refractivity contribution in [2.75, 3.05) is 0 Å². The van der Waals surface area contributed by atoms with Gasteiger partial charge in [0, 0.05) is 23.8 Å². The van der Waals surface area contributed by atoms with Crippen molar-refractivity contribution < 1.29 is 4.79 Å². The van der Waals surface area contributed by atoms with Crippen LogP contribution in [0.1, 0.15) is 57.5 Å². The zero-order chi connectivity index (χ0) is 17.6. The lowest BCUT2D eigenvalue weighted by Gasteiger charge is -2.14. The number of carbonyl (C=O) groups excluding carboxylic acids is 1. The minimum absolute atomic E-state index is 0.0742. The maximum Gasteiger partial charge on any atom is 0.207 e. The van der Waals surface area contributed by atoms with Crippen LogP contribution >= 0.6 is 11.3 Å². The lowest BCUT2D eigenvalue weighted by molar-refractivity contribution is 0.103. The number of pyridine rings is 1. The molecule has 0 spiro atoms. The molecule has 4 heteroatoms. The summed E-state index contributed by atoms with van der Waals surface area (Å²) in [4.78, 5) is 22.9. The van der Waals surface area contributed by atoms with E-state index in [0.717, 1.165) is 44.4 Å². The quantitative estimate of drug-likeness (QED) is 0.661. The number of carbonyl (C=O) groups is 1. The average Bonchev–Trinajstić information content (AvgIpc) is 2.92. The minimum Gasteiger partial charge on any atom is -0.288 e. The predicted octanol–water partition coefficient (Wildman–Crippen LogP) is 4.91. The normalized spacial score (nSPS) is 19.0. The van der Waals surface area contributed by atoms with Gasteiger partial charge in [0.15, 0.2) is 0 Å². The maximum absolute atomic E-state index is 12.9. The third-order valence-corrected chi connectivity index (χ3v) is 5.96. The second-order valence-corrected chi connectivity index (χ2v) is 7.69. The Balaban J connectivity index is 1.77. The molecule has 2 heterocycles. The van der Waals surface area contributed by atoms with E-state index in [0.29, 0.717) is 12.3 Å². The molecule has 0 fully saturated rings. The topological polar surface area (TPSA) is 42.9 Å². The summed E-state index contributed by atoms with van der Waals surface area (Å²) in [5, 5.41) is 0.932. The van der Waals surface area contributed by atoms with E-state index in [1.807, 2.05) is 13.0 Å². The molecule has 0 aliphatic heterocycles. The molecule has 2 aromatic heterocycles. The van der Waals surface area contributed by atoms with Crippen LogP contribution in [0, 0.1) is 12.8 Å². The Hall–Kier alpha value is -2.33. The highest BCUT2D eigenvalue weighted by atomic mass is 32.1. The molecular formula is C21H20N2OS. The molecule has 2 aliphatic rings. The summed E-state index contributed by atoms with van der Waals surface area (Å²) < 4.78 is 0. The van der Waals surface area contributed by atoms with Crippen molar-refractivity contribution >= 4 is 22.7 Å². The SMILES string of the molecule is CCC1C=C(C)C=CC(c2nc3c(s2)C(=O)c2c(C)ccnc2C3)=C1. The van der Waals surface area contributed by atoms with Crippen LogP contribution in [0.15, 0.2) is 42.1 Å². The van der Waals surface area contributed by atoms with Gasteiger partial charge in [0.1, 0.15) is 5.01 Å². The molecule has 3 nitrogen and oxygen atoms in total. The Labute approximate surface area is 151 Å². The lowest BCUT2D eigenvalue weighted by Crippen LogP contribution is -2.16. The molecule has 0 saturated carbocycles. The number of aryl methyl sites for hydroxylation is 1. The van der Waals surface area contributed by atoms with E-state index in [9.17, 15) is 4.79 Å². The van der Waals surface area contributed by atoms with E-state index in [2.05, 4.69) is 43.1 Å². The number of ketones is 1. The smallest absolute Gasteiger partial charge is 0.207 e. The van der Waals surface area contributed by atoms with Gasteiger partial charge in [0.25, 0.3) is 0 Å². The highest BCUT2D eigenvalue weighted by Crippen LogP contribution is 2.35. The Kier molecular flexibility index (Phi) is 4.00. The maximum atomic E-state index is 12.9. The van der Waals surface area contributed by atoms with E-state index >= 15 is 0 Å². The molecule has 0 bridgehead atoms. The van der Waals surface area contributed by atoms with Crippen molar-refractivity contribution in [2.45, 2.75) is 33.6 Å². The molecule has 0 radical (unpaired) electrons. The van der Waals surface area contributed by atoms with E-state index in [4.69, 9.17) is 4.98 Å². The van der Waals surface area contributed by atoms with Crippen LogP contribution in [0.2, 0.25) is 0 Å². The van der Waals surface area contributed by atoms with Gasteiger partial charge in [-0.05, 0) is 37.8 Å². The van der Waals surface area contributed by atoms with Crippen LogP contribution in [0.4, 0.5) is 0 Å². The molecule has 25 heavy (non-hydrogen) atoms. The Bertz CT molecular complexity index is 962. The fourth-order valence-corrected chi connectivity index (χ4v) is 4.46. The highest BCUT2D eigenvalue weighted by Gasteiger charge is 2.29. The second-order valence-electron chi connectivity index (χ2n) is 6.69. The highest BCUT2D eigenvalue weighted by molar-refractivity contribution is 7.15. The first-order chi connectivity index (χ1) is 12.1. The first kappa shape index (κ1) is 16.2. The van der Waals surface area contributed by atoms with Crippen LogP contribution in [-0.2, 0) is 6.42 Å². The first-order valence-corrected chi connectivity index (χ1v) is 9.46. The molecule has 4 rings (SSSR count). The largest absolute Gasteiger partial charge is 0.288 e. The number of aromatic nitrogens is 2. The monoisotopic (exact) mass is 348 g/mol. The molecule has 126 valence electrons. The van der Waals surface area contributed by atoms with Crippen LogP contribution < -0.4 is 0 Å². The summed E-state index contributed by atoms with van der Waals surface area (Å²) in [6, 6.07) is 1.90. The average molecular weight is 348 g/mol. The zero-order valence-electron chi connectivity index (χ0n) is 14.7. The van der Waals surface area contributed by atoms with E-state index in [1.54, 1.807) is 6.20 Å². The number of thiazole rings is 1. The zero-order valence-corrected chi connectivity index (χ0v) is 15.5. The van der Waals surface area contributed by atoms with Gasteiger partial charge in [-0.2, -0.15) is 0 Å². The van der Waals surface area contributed by atoms with Gasteiger partial charge in [-0.3, -0.25) is 9.78 Å². The summed E-state index contributed by atoms with van der Waals surface area (Å²) >= 11 is 1.51.